The number of rotatable bonds is 5. The molecule has 0 saturated carbocycles. The summed E-state index contributed by atoms with van der Waals surface area (Å²) >= 11 is 0. The molecule has 1 unspecified atom stereocenters. The molecular weight excluding hydrogens is 320 g/mol. The lowest BCUT2D eigenvalue weighted by molar-refractivity contribution is -0.136. The van der Waals surface area contributed by atoms with Crippen LogP contribution in [0.15, 0.2) is 18.2 Å². The normalized spacial score (nSPS) is 17.3. The van der Waals surface area contributed by atoms with Gasteiger partial charge in [0.2, 0.25) is 0 Å². The molecule has 1 aromatic carbocycles. The molecule has 1 saturated heterocycles. The zero-order chi connectivity index (χ0) is 17.5. The first-order chi connectivity index (χ1) is 11.5. The number of carbonyl (C=O) groups is 2. The maximum absolute atomic E-state index is 13.1. The molecule has 0 radical (unpaired) electrons. The Bertz CT molecular complexity index is 598. The minimum absolute atomic E-state index is 0.0966. The molecule has 0 aromatic heterocycles. The molecule has 24 heavy (non-hydrogen) atoms. The lowest BCUT2D eigenvalue weighted by Gasteiger charge is -2.35. The standard InChI is InChI=1S/C16H21F2N3O3/c1-19-16(23)20-9-11-4-2-3-7-21(11)15(22)10-24-12-5-6-13(17)14(18)8-12/h5-6,8,11H,2-4,7,9-10H2,1H3,(H2,19,20,23). The van der Waals surface area contributed by atoms with E-state index in [1.807, 2.05) is 0 Å². The van der Waals surface area contributed by atoms with Crippen molar-refractivity contribution in [3.05, 3.63) is 29.8 Å². The fraction of sp³-hybridized carbons (Fsp3) is 0.500. The molecule has 0 aliphatic carbocycles. The van der Waals surface area contributed by atoms with Crippen molar-refractivity contribution in [2.75, 3.05) is 26.7 Å². The third kappa shape index (κ3) is 4.81. The lowest BCUT2D eigenvalue weighted by Crippen LogP contribution is -2.51. The Kier molecular flexibility index (Phi) is 6.34. The summed E-state index contributed by atoms with van der Waals surface area (Å²) in [7, 11) is 1.52. The van der Waals surface area contributed by atoms with Gasteiger partial charge in [0.25, 0.3) is 5.91 Å². The van der Waals surface area contributed by atoms with Crippen molar-refractivity contribution < 1.29 is 23.1 Å². The van der Waals surface area contributed by atoms with E-state index in [-0.39, 0.29) is 30.3 Å². The van der Waals surface area contributed by atoms with E-state index in [0.717, 1.165) is 31.4 Å². The summed E-state index contributed by atoms with van der Waals surface area (Å²) < 4.78 is 31.3. The maximum atomic E-state index is 13.1. The molecule has 6 nitrogen and oxygen atoms in total. The molecule has 8 heteroatoms. The number of piperidine rings is 1. The molecule has 2 N–H and O–H groups in total. The van der Waals surface area contributed by atoms with Gasteiger partial charge in [0.15, 0.2) is 18.2 Å². The topological polar surface area (TPSA) is 70.7 Å². The summed E-state index contributed by atoms with van der Waals surface area (Å²) in [6.07, 6.45) is 2.65. The van der Waals surface area contributed by atoms with Gasteiger partial charge >= 0.3 is 6.03 Å². The van der Waals surface area contributed by atoms with E-state index in [9.17, 15) is 18.4 Å². The second-order valence-corrected chi connectivity index (χ2v) is 5.56. The van der Waals surface area contributed by atoms with Gasteiger partial charge in [-0.1, -0.05) is 0 Å². The van der Waals surface area contributed by atoms with E-state index in [1.165, 1.54) is 13.1 Å². The Balaban J connectivity index is 1.90. The minimum atomic E-state index is -1.02. The lowest BCUT2D eigenvalue weighted by atomic mass is 10.0. The van der Waals surface area contributed by atoms with E-state index in [2.05, 4.69) is 10.6 Å². The van der Waals surface area contributed by atoms with Crippen LogP contribution in [0.5, 0.6) is 5.75 Å². The van der Waals surface area contributed by atoms with Gasteiger partial charge in [-0.05, 0) is 31.4 Å². The average Bonchev–Trinajstić information content (AvgIpc) is 2.60. The zero-order valence-electron chi connectivity index (χ0n) is 13.5. The molecule has 1 aliphatic heterocycles. The smallest absolute Gasteiger partial charge is 0.314 e. The number of halogens is 2. The number of carbonyl (C=O) groups excluding carboxylic acids is 2. The molecular formula is C16H21F2N3O3. The predicted octanol–water partition coefficient (Wildman–Crippen LogP) is 1.65. The Morgan fingerprint density at radius 2 is 2.08 bits per heavy atom. The van der Waals surface area contributed by atoms with E-state index in [4.69, 9.17) is 4.74 Å². The van der Waals surface area contributed by atoms with Crippen LogP contribution in [0.3, 0.4) is 0 Å². The highest BCUT2D eigenvalue weighted by Gasteiger charge is 2.27. The van der Waals surface area contributed by atoms with Gasteiger partial charge in [-0.3, -0.25) is 4.79 Å². The van der Waals surface area contributed by atoms with Crippen LogP contribution in [0.1, 0.15) is 19.3 Å². The van der Waals surface area contributed by atoms with Crippen molar-refractivity contribution in [3.8, 4) is 5.75 Å². The Morgan fingerprint density at radius 1 is 1.29 bits per heavy atom. The number of likely N-dealkylation sites (tertiary alicyclic amines) is 1. The first kappa shape index (κ1) is 18.0. The monoisotopic (exact) mass is 341 g/mol. The number of benzene rings is 1. The zero-order valence-corrected chi connectivity index (χ0v) is 13.5. The second kappa shape index (κ2) is 8.47. The minimum Gasteiger partial charge on any atom is -0.484 e. The first-order valence-electron chi connectivity index (χ1n) is 7.84. The van der Waals surface area contributed by atoms with Crippen molar-refractivity contribution in [1.82, 2.24) is 15.5 Å². The van der Waals surface area contributed by atoms with E-state index in [1.54, 1.807) is 4.90 Å². The average molecular weight is 341 g/mol. The maximum Gasteiger partial charge on any atom is 0.314 e. The number of hydrogen-bond donors (Lipinski definition) is 2. The third-order valence-corrected chi connectivity index (χ3v) is 3.93. The van der Waals surface area contributed by atoms with Gasteiger partial charge in [0, 0.05) is 32.2 Å². The summed E-state index contributed by atoms with van der Waals surface area (Å²) in [4.78, 5) is 25.3. The highest BCUT2D eigenvalue weighted by atomic mass is 19.2. The molecule has 0 bridgehead atoms. The predicted molar refractivity (Wildman–Crippen MR) is 83.7 cm³/mol. The first-order valence-corrected chi connectivity index (χ1v) is 7.84. The number of nitrogens with one attached hydrogen (secondary N) is 2. The molecule has 1 heterocycles. The highest BCUT2D eigenvalue weighted by molar-refractivity contribution is 5.78. The fourth-order valence-corrected chi connectivity index (χ4v) is 2.63. The van der Waals surface area contributed by atoms with Gasteiger partial charge in [-0.25, -0.2) is 13.6 Å². The molecule has 0 spiro atoms. The van der Waals surface area contributed by atoms with Gasteiger partial charge in [0.05, 0.1) is 0 Å². The Morgan fingerprint density at radius 3 is 2.79 bits per heavy atom. The number of ether oxygens (including phenoxy) is 1. The van der Waals surface area contributed by atoms with Crippen LogP contribution in [0.4, 0.5) is 13.6 Å². The molecule has 1 aliphatic rings. The van der Waals surface area contributed by atoms with E-state index in [0.29, 0.717) is 13.1 Å². The summed E-state index contributed by atoms with van der Waals surface area (Å²) in [5.74, 6) is -2.14. The molecule has 2 rings (SSSR count). The summed E-state index contributed by atoms with van der Waals surface area (Å²) in [6, 6.07) is 2.73. The van der Waals surface area contributed by atoms with Crippen LogP contribution in [-0.4, -0.2) is 49.6 Å². The van der Waals surface area contributed by atoms with Crippen molar-refractivity contribution in [3.63, 3.8) is 0 Å². The van der Waals surface area contributed by atoms with Crippen LogP contribution in [-0.2, 0) is 4.79 Å². The van der Waals surface area contributed by atoms with Gasteiger partial charge < -0.3 is 20.3 Å². The van der Waals surface area contributed by atoms with Gasteiger partial charge in [0.1, 0.15) is 5.75 Å². The fourth-order valence-electron chi connectivity index (χ4n) is 2.63. The number of hydrogen-bond acceptors (Lipinski definition) is 3. The van der Waals surface area contributed by atoms with E-state index < -0.39 is 11.6 Å². The van der Waals surface area contributed by atoms with Crippen LogP contribution < -0.4 is 15.4 Å². The van der Waals surface area contributed by atoms with Crippen molar-refractivity contribution in [2.45, 2.75) is 25.3 Å². The van der Waals surface area contributed by atoms with Crippen LogP contribution in [0.2, 0.25) is 0 Å². The molecule has 1 fully saturated rings. The highest BCUT2D eigenvalue weighted by Crippen LogP contribution is 2.18. The van der Waals surface area contributed by atoms with Crippen LogP contribution >= 0.6 is 0 Å². The Labute approximate surface area is 139 Å². The summed E-state index contributed by atoms with van der Waals surface area (Å²) in [5, 5.41) is 5.16. The van der Waals surface area contributed by atoms with Crippen molar-refractivity contribution in [2.24, 2.45) is 0 Å². The summed E-state index contributed by atoms with van der Waals surface area (Å²) in [5.41, 5.74) is 0. The van der Waals surface area contributed by atoms with Crippen molar-refractivity contribution >= 4 is 11.9 Å². The largest absolute Gasteiger partial charge is 0.484 e. The van der Waals surface area contributed by atoms with Crippen LogP contribution in [0, 0.1) is 11.6 Å². The van der Waals surface area contributed by atoms with Crippen molar-refractivity contribution in [1.29, 1.82) is 0 Å². The summed E-state index contributed by atoms with van der Waals surface area (Å²) in [6.45, 7) is 0.679. The van der Waals surface area contributed by atoms with Gasteiger partial charge in [-0.15, -0.1) is 0 Å². The van der Waals surface area contributed by atoms with Crippen LogP contribution in [0.25, 0.3) is 0 Å². The Hall–Kier alpha value is -2.38. The molecule has 132 valence electrons. The molecule has 3 amide bonds. The number of amides is 3. The van der Waals surface area contributed by atoms with Gasteiger partial charge in [-0.2, -0.15) is 0 Å². The van der Waals surface area contributed by atoms with E-state index >= 15 is 0 Å². The molecule has 1 aromatic rings. The second-order valence-electron chi connectivity index (χ2n) is 5.56. The number of urea groups is 1. The number of nitrogens with zero attached hydrogens (tertiary/aromatic N) is 1. The third-order valence-electron chi connectivity index (χ3n) is 3.93. The molecule has 1 atom stereocenters. The quantitative estimate of drug-likeness (QED) is 0.856. The SMILES string of the molecule is CNC(=O)NCC1CCCCN1C(=O)COc1ccc(F)c(F)c1.